The molecule has 0 radical (unpaired) electrons. The normalized spacial score (nSPS) is 11.0. The fourth-order valence-corrected chi connectivity index (χ4v) is 18.4. The molecule has 698 valence electrons. The number of benzene rings is 12. The van der Waals surface area contributed by atoms with E-state index in [0.717, 1.165) is 120 Å². The molecule has 0 bridgehead atoms. The number of ether oxygens (including phenoxy) is 3. The minimum absolute atomic E-state index is 0.109. The van der Waals surface area contributed by atoms with Crippen molar-refractivity contribution in [2.75, 3.05) is 21.3 Å². The highest BCUT2D eigenvalue weighted by Crippen LogP contribution is 2.39. The molecule has 20 aromatic rings. The van der Waals surface area contributed by atoms with E-state index < -0.39 is 0 Å². The molecule has 8 aromatic heterocycles. The molecule has 0 fully saturated rings. The van der Waals surface area contributed by atoms with E-state index in [-0.39, 0.29) is 28.1 Å². The number of phenolic OH excluding ortho intramolecular Hbond substituents is 1. The Labute approximate surface area is 846 Å². The van der Waals surface area contributed by atoms with E-state index in [4.69, 9.17) is 45.7 Å². The summed E-state index contributed by atoms with van der Waals surface area (Å²) in [7, 11) is 4.71. The lowest BCUT2D eigenvalue weighted by Crippen LogP contribution is -2.23. The Morgan fingerprint density at radius 2 is 0.573 bits per heavy atom. The van der Waals surface area contributed by atoms with E-state index in [1.165, 1.54) is 12.1 Å². The number of hydrogen-bond donors (Lipinski definition) is 1. The summed E-state index contributed by atoms with van der Waals surface area (Å²) in [5.41, 5.74) is 17.4. The molecular weight excluding hydrogens is 1880 g/mol. The molecule has 20 rings (SSSR count). The molecule has 0 amide bonds. The maximum atomic E-state index is 13.8. The number of fused-ring (bicyclic) bond motifs is 4. The van der Waals surface area contributed by atoms with Crippen molar-refractivity contribution < 1.29 is 23.7 Å². The van der Waals surface area contributed by atoms with Gasteiger partial charge in [-0.05, 0) is 337 Å². The van der Waals surface area contributed by atoms with E-state index in [2.05, 4.69) is 47.4 Å². The minimum atomic E-state index is -0.296. The maximum absolute atomic E-state index is 13.8. The fraction of sp³-hybridized carbons (Fsp3) is 0.0744. The number of hydrogen-bond acceptors (Lipinski definition) is 16. The lowest BCUT2D eigenvalue weighted by atomic mass is 10.1. The zero-order valence-corrected chi connectivity index (χ0v) is 82.9. The Morgan fingerprint density at radius 3 is 0.839 bits per heavy atom. The van der Waals surface area contributed by atoms with Crippen molar-refractivity contribution in [2.45, 2.75) is 41.5 Å². The van der Waals surface area contributed by atoms with Gasteiger partial charge < -0.3 is 19.3 Å². The van der Waals surface area contributed by atoms with Crippen LogP contribution < -0.4 is 36.4 Å². The zero-order chi connectivity index (χ0) is 99.6. The van der Waals surface area contributed by atoms with Crippen LogP contribution in [0.4, 0.5) is 4.39 Å². The lowest BCUT2D eigenvalue weighted by molar-refractivity contribution is 0.324. The molecule has 0 aliphatic rings. The first-order valence-electron chi connectivity index (χ1n) is 45.2. The largest absolute Gasteiger partial charge is 0.507 e. The number of nitrogens with zero attached hydrogens (tertiary/aromatic N) is 8. The van der Waals surface area contributed by atoms with Crippen LogP contribution in [0.3, 0.4) is 0 Å². The highest BCUT2D eigenvalue weighted by atomic mass is 35.5. The average Bonchev–Trinajstić information content (AvgIpc) is 1.23. The van der Waals surface area contributed by atoms with Crippen molar-refractivity contribution in [1.82, 2.24) is 38.2 Å². The zero-order valence-electron chi connectivity index (χ0n) is 78.9. The van der Waals surface area contributed by atoms with Crippen LogP contribution in [0.25, 0.3) is 115 Å². The van der Waals surface area contributed by atoms with Crippen molar-refractivity contribution in [1.29, 1.82) is 0 Å². The molecule has 0 aliphatic carbocycles. The molecule has 0 spiro atoms. The van der Waals surface area contributed by atoms with Crippen LogP contribution in [0.15, 0.2) is 332 Å². The topological polar surface area (TPSA) is 187 Å². The third kappa shape index (κ3) is 23.1. The number of thiophene rings is 4. The van der Waals surface area contributed by atoms with Gasteiger partial charge in [0.15, 0.2) is 11.5 Å². The first-order valence-corrected chi connectivity index (χ1v) is 49.1. The fourth-order valence-electron chi connectivity index (χ4n) is 16.0. The van der Waals surface area contributed by atoms with E-state index in [1.54, 1.807) is 121 Å². The van der Waals surface area contributed by atoms with Crippen molar-refractivity contribution in [3.63, 3.8) is 0 Å². The Balaban J connectivity index is 0.000000131. The van der Waals surface area contributed by atoms with Crippen LogP contribution in [0, 0.1) is 94.7 Å². The molecule has 1 N–H and O–H groups in total. The average molecular weight is 1960 g/mol. The van der Waals surface area contributed by atoms with E-state index >= 15 is 0 Å². The predicted molar refractivity (Wildman–Crippen MR) is 587 cm³/mol. The monoisotopic (exact) mass is 1960 g/mol. The van der Waals surface area contributed by atoms with Crippen LogP contribution >= 0.6 is 56.9 Å². The Kier molecular flexibility index (Phi) is 30.6. The standard InChI is InChI=1S/C32H26N2O4S.C31H24N2O2S.C29H19ClN2OS.C29H19FN2OS/c1-21-18-22(11-14-24-8-7-17-39-24)12-15-27(21)34-30(33-26-10-6-5-9-25(26)32(34)35)16-13-23-19-28(36-2)31(38-4)29(20-23)37-3;1-20-17-23(10-13-25-7-6-16-36-25)11-14-28(20)33-29(32-27-9-5-4-8-26(27)31(33)35)15-12-24-18-21(2)30(34)22(3)19-24;2*1-20-19-22(10-15-24-5-4-18-34-24)11-16-27(20)32-28(17-12-21-8-13-23(30)14-9-21)31-26-7-3-2-6-25(26)29(32)33/h5-10,12-13,15-20H,1-4H3;4-9,11-12,14-19,34H,1-3H3;2*2-9,11-14,16-19H,1H3/b16-13+;15-12+;2*17-12+. The summed E-state index contributed by atoms with van der Waals surface area (Å²) in [5.74, 6) is 29.2. The Hall–Kier alpha value is -17.4. The number of para-hydroxylation sites is 4. The van der Waals surface area contributed by atoms with Gasteiger partial charge in [0.05, 0.1) is 107 Å². The summed E-state index contributed by atoms with van der Waals surface area (Å²) < 4.78 is 36.3. The first kappa shape index (κ1) is 97.3. The van der Waals surface area contributed by atoms with E-state index in [1.807, 2.05) is 354 Å². The van der Waals surface area contributed by atoms with Gasteiger partial charge in [-0.25, -0.2) is 24.3 Å². The number of aromatic nitrogens is 8. The number of phenols is 1. The molecular formula is C121H88ClFN8O8S4. The number of aryl methyl sites for hydroxylation is 6. The Bertz CT molecular complexity index is 8600. The molecule has 0 saturated heterocycles. The predicted octanol–water partition coefficient (Wildman–Crippen LogP) is 26.4. The van der Waals surface area contributed by atoms with Gasteiger partial charge in [-0.3, -0.25) is 37.4 Å². The summed E-state index contributed by atoms with van der Waals surface area (Å²) in [5, 5.41) is 21.0. The van der Waals surface area contributed by atoms with Crippen molar-refractivity contribution in [3.8, 4) is 93.1 Å². The number of methoxy groups -OCH3 is 3. The summed E-state index contributed by atoms with van der Waals surface area (Å²) in [6.07, 6.45) is 14.9. The van der Waals surface area contributed by atoms with Gasteiger partial charge in [0.1, 0.15) is 34.9 Å². The second-order valence-corrected chi connectivity index (χ2v) is 37.1. The SMILES string of the molecule is COc1cc(/C=C/c2nc3ccccc3c(=O)n2-c2ccc(C#Cc3cccs3)cc2C)cc(OC)c1OC.Cc1cc(C#Cc2cccs2)ccc1-n1c(/C=C/c2cc(C)c(O)c(C)c2)nc2ccccc2c1=O.Cc1cc(C#Cc2cccs2)ccc1-n1c(/C=C/c2ccc(Cl)cc2)nc2ccccc2c1=O.Cc1cc(C#Cc2cccs2)ccc1-n1c(/C=C/c2ccc(F)cc2)nc2ccccc2c1=O. The molecule has 0 saturated carbocycles. The van der Waals surface area contributed by atoms with Gasteiger partial charge in [0.25, 0.3) is 22.2 Å². The Morgan fingerprint density at radius 1 is 0.301 bits per heavy atom. The van der Waals surface area contributed by atoms with Gasteiger partial charge in [0.2, 0.25) is 5.75 Å². The lowest BCUT2D eigenvalue weighted by Gasteiger charge is -2.15. The number of rotatable bonds is 15. The van der Waals surface area contributed by atoms with E-state index in [9.17, 15) is 28.7 Å². The third-order valence-corrected chi connectivity index (χ3v) is 26.4. The third-order valence-electron chi connectivity index (χ3n) is 23.0. The molecule has 0 aliphatic heterocycles. The van der Waals surface area contributed by atoms with Gasteiger partial charge in [0, 0.05) is 27.3 Å². The summed E-state index contributed by atoms with van der Waals surface area (Å²) in [4.78, 5) is 77.8. The van der Waals surface area contributed by atoms with Crippen LogP contribution in [-0.4, -0.2) is 64.6 Å². The van der Waals surface area contributed by atoms with Crippen molar-refractivity contribution in [2.24, 2.45) is 0 Å². The van der Waals surface area contributed by atoms with Crippen LogP contribution in [0.5, 0.6) is 23.0 Å². The molecule has 0 atom stereocenters. The maximum Gasteiger partial charge on any atom is 0.266 e. The van der Waals surface area contributed by atoms with Gasteiger partial charge >= 0.3 is 0 Å². The van der Waals surface area contributed by atoms with Crippen molar-refractivity contribution in [3.05, 3.63) is 486 Å². The molecule has 22 heteroatoms. The molecule has 8 heterocycles. The van der Waals surface area contributed by atoms with Crippen LogP contribution in [-0.2, 0) is 0 Å². The highest BCUT2D eigenvalue weighted by Gasteiger charge is 2.21. The number of aromatic hydroxyl groups is 1. The molecule has 12 aromatic carbocycles. The summed E-state index contributed by atoms with van der Waals surface area (Å²) >= 11 is 12.4. The van der Waals surface area contributed by atoms with Gasteiger partial charge in [-0.1, -0.05) is 180 Å². The summed E-state index contributed by atoms with van der Waals surface area (Å²) in [6, 6.07) is 89.9. The molecule has 143 heavy (non-hydrogen) atoms. The second kappa shape index (κ2) is 45.0. The number of halogens is 2. The van der Waals surface area contributed by atoms with Gasteiger partial charge in [-0.15, -0.1) is 45.3 Å². The van der Waals surface area contributed by atoms with E-state index in [0.29, 0.717) is 94.9 Å². The first-order chi connectivity index (χ1) is 69.6. The van der Waals surface area contributed by atoms with Crippen LogP contribution in [0.2, 0.25) is 5.02 Å². The summed E-state index contributed by atoms with van der Waals surface area (Å²) in [6.45, 7) is 11.6. The minimum Gasteiger partial charge on any atom is -0.507 e. The smallest absolute Gasteiger partial charge is 0.266 e. The van der Waals surface area contributed by atoms with Crippen LogP contribution in [0.1, 0.15) is 121 Å². The van der Waals surface area contributed by atoms with Crippen molar-refractivity contribution >= 4 is 149 Å². The molecule has 0 unspecified atom stereocenters. The quantitative estimate of drug-likeness (QED) is 0.0958. The van der Waals surface area contributed by atoms with Gasteiger partial charge in [-0.2, -0.15) is 0 Å². The highest BCUT2D eigenvalue weighted by molar-refractivity contribution is 7.11. The molecule has 16 nitrogen and oxygen atoms in total. The second-order valence-electron chi connectivity index (χ2n) is 32.8.